The molecular weight excluding hydrogens is 372 g/mol. The third-order valence-corrected chi connectivity index (χ3v) is 4.47. The maximum absolute atomic E-state index is 13.0. The largest absolute Gasteiger partial charge is 0.508 e. The quantitative estimate of drug-likeness (QED) is 0.654. The molecule has 3 aromatic rings. The molecule has 7 nitrogen and oxygen atoms in total. The molecule has 1 aromatic heterocycles. The Hall–Kier alpha value is -3.61. The maximum Gasteiger partial charge on any atom is 0.322 e. The number of fused-ring (bicyclic) bond motifs is 1. The van der Waals surface area contributed by atoms with E-state index < -0.39 is 5.79 Å². The van der Waals surface area contributed by atoms with Gasteiger partial charge >= 0.3 is 6.03 Å². The molecule has 0 saturated heterocycles. The minimum absolute atomic E-state index is 0.134. The summed E-state index contributed by atoms with van der Waals surface area (Å²) in [6.07, 6.45) is 1.56. The van der Waals surface area contributed by atoms with Gasteiger partial charge in [0.05, 0.1) is 19.4 Å². The van der Waals surface area contributed by atoms with Gasteiger partial charge in [-0.2, -0.15) is 0 Å². The number of ether oxygens (including phenoxy) is 2. The van der Waals surface area contributed by atoms with Gasteiger partial charge in [0, 0.05) is 31.2 Å². The van der Waals surface area contributed by atoms with Crippen LogP contribution in [-0.4, -0.2) is 21.8 Å². The summed E-state index contributed by atoms with van der Waals surface area (Å²) >= 11 is 0. The topological polar surface area (TPSA) is 84.2 Å². The van der Waals surface area contributed by atoms with Gasteiger partial charge in [-0.15, -0.1) is 0 Å². The average Bonchev–Trinajstić information content (AvgIpc) is 3.28. The molecule has 1 aliphatic rings. The Morgan fingerprint density at radius 1 is 1.03 bits per heavy atom. The summed E-state index contributed by atoms with van der Waals surface area (Å²) in [5, 5.41) is 13.0. The molecule has 150 valence electrons. The van der Waals surface area contributed by atoms with Gasteiger partial charge in [-0.3, -0.25) is 0 Å². The molecule has 2 heterocycles. The monoisotopic (exact) mass is 394 g/mol. The van der Waals surface area contributed by atoms with Crippen LogP contribution in [-0.2, 0) is 13.1 Å². The van der Waals surface area contributed by atoms with Crippen LogP contribution in [0.4, 0.5) is 10.5 Å². The SMILES string of the molecule is CC1(C)Oc2ccc(NC(=O)N(Cc3ccco3)Cc3ccccc3O)cc2O1. The van der Waals surface area contributed by atoms with Crippen molar-refractivity contribution in [3.63, 3.8) is 0 Å². The molecule has 1 aliphatic heterocycles. The van der Waals surface area contributed by atoms with Gasteiger partial charge in [-0.25, -0.2) is 4.79 Å². The molecule has 29 heavy (non-hydrogen) atoms. The number of hydrogen-bond donors (Lipinski definition) is 2. The van der Waals surface area contributed by atoms with Gasteiger partial charge in [-0.05, 0) is 30.3 Å². The summed E-state index contributed by atoms with van der Waals surface area (Å²) in [6, 6.07) is 15.4. The number of furan rings is 1. The predicted octanol–water partition coefficient (Wildman–Crippen LogP) is 4.73. The van der Waals surface area contributed by atoms with Crippen LogP contribution in [0.15, 0.2) is 65.3 Å². The molecule has 0 aliphatic carbocycles. The van der Waals surface area contributed by atoms with Crippen molar-refractivity contribution in [3.8, 4) is 17.2 Å². The number of nitrogens with zero attached hydrogens (tertiary/aromatic N) is 1. The second kappa shape index (κ2) is 7.43. The number of anilines is 1. The fourth-order valence-electron chi connectivity index (χ4n) is 3.14. The lowest BCUT2D eigenvalue weighted by Crippen LogP contribution is -2.34. The number of nitrogens with one attached hydrogen (secondary N) is 1. The minimum atomic E-state index is -0.735. The Bertz CT molecular complexity index is 1010. The number of carbonyl (C=O) groups is 1. The molecule has 2 N–H and O–H groups in total. The van der Waals surface area contributed by atoms with Gasteiger partial charge in [0.1, 0.15) is 11.5 Å². The lowest BCUT2D eigenvalue weighted by atomic mass is 10.2. The predicted molar refractivity (Wildman–Crippen MR) is 107 cm³/mol. The van der Waals surface area contributed by atoms with Gasteiger partial charge in [-0.1, -0.05) is 18.2 Å². The zero-order valence-corrected chi connectivity index (χ0v) is 16.2. The third-order valence-electron chi connectivity index (χ3n) is 4.47. The maximum atomic E-state index is 13.0. The van der Waals surface area contributed by atoms with E-state index in [1.165, 1.54) is 0 Å². The number of aromatic hydroxyl groups is 1. The second-order valence-electron chi connectivity index (χ2n) is 7.26. The van der Waals surface area contributed by atoms with E-state index in [4.69, 9.17) is 13.9 Å². The minimum Gasteiger partial charge on any atom is -0.508 e. The Morgan fingerprint density at radius 2 is 1.83 bits per heavy atom. The lowest BCUT2D eigenvalue weighted by Gasteiger charge is -2.23. The Balaban J connectivity index is 1.53. The van der Waals surface area contributed by atoms with Crippen molar-refractivity contribution in [2.75, 3.05) is 5.32 Å². The number of benzene rings is 2. The molecule has 7 heteroatoms. The number of amides is 2. The number of phenolic OH excluding ortho intramolecular Hbond substituents is 1. The zero-order valence-electron chi connectivity index (χ0n) is 16.2. The fourth-order valence-corrected chi connectivity index (χ4v) is 3.14. The van der Waals surface area contributed by atoms with E-state index in [1.54, 1.807) is 59.7 Å². The summed E-state index contributed by atoms with van der Waals surface area (Å²) in [7, 11) is 0. The summed E-state index contributed by atoms with van der Waals surface area (Å²) in [6.45, 7) is 4.12. The second-order valence-corrected chi connectivity index (χ2v) is 7.26. The summed E-state index contributed by atoms with van der Waals surface area (Å²) in [5.41, 5.74) is 1.22. The van der Waals surface area contributed by atoms with Crippen LogP contribution in [0.1, 0.15) is 25.2 Å². The molecular formula is C22H22N2O5. The molecule has 4 rings (SSSR count). The standard InChI is InChI=1S/C22H22N2O5/c1-22(2)28-19-10-9-16(12-20(19)29-22)23-21(26)24(14-17-7-5-11-27-17)13-15-6-3-4-8-18(15)25/h3-12,25H,13-14H2,1-2H3,(H,23,26). The zero-order chi connectivity index (χ0) is 20.4. The molecule has 0 unspecified atom stereocenters. The van der Waals surface area contributed by atoms with Crippen LogP contribution in [0.3, 0.4) is 0 Å². The highest BCUT2D eigenvalue weighted by molar-refractivity contribution is 5.89. The normalized spacial score (nSPS) is 13.9. The van der Waals surface area contributed by atoms with Crippen molar-refractivity contribution in [1.29, 1.82) is 0 Å². The Kier molecular flexibility index (Phi) is 4.80. The Morgan fingerprint density at radius 3 is 2.59 bits per heavy atom. The molecule has 0 atom stereocenters. The lowest BCUT2D eigenvalue weighted by molar-refractivity contribution is -0.0431. The van der Waals surface area contributed by atoms with Crippen LogP contribution in [0.5, 0.6) is 17.2 Å². The van der Waals surface area contributed by atoms with E-state index in [9.17, 15) is 9.90 Å². The molecule has 0 radical (unpaired) electrons. The van der Waals surface area contributed by atoms with Crippen molar-refractivity contribution in [3.05, 3.63) is 72.2 Å². The van der Waals surface area contributed by atoms with Gasteiger partial charge < -0.3 is 29.2 Å². The third kappa shape index (κ3) is 4.29. The average molecular weight is 394 g/mol. The van der Waals surface area contributed by atoms with Gasteiger partial charge in [0.15, 0.2) is 11.5 Å². The van der Waals surface area contributed by atoms with E-state index >= 15 is 0 Å². The highest BCUT2D eigenvalue weighted by Crippen LogP contribution is 2.40. The number of urea groups is 1. The fraction of sp³-hybridized carbons (Fsp3) is 0.227. The van der Waals surface area contributed by atoms with Crippen molar-refractivity contribution in [1.82, 2.24) is 4.90 Å². The number of rotatable bonds is 5. The van der Waals surface area contributed by atoms with Crippen LogP contribution in [0, 0.1) is 0 Å². The molecule has 0 saturated carbocycles. The van der Waals surface area contributed by atoms with Crippen LogP contribution in [0.2, 0.25) is 0 Å². The molecule has 0 bridgehead atoms. The van der Waals surface area contributed by atoms with Crippen LogP contribution in [0.25, 0.3) is 0 Å². The first-order chi connectivity index (χ1) is 13.9. The molecule has 0 fully saturated rings. The first kappa shape index (κ1) is 18.7. The van der Waals surface area contributed by atoms with Crippen molar-refractivity contribution >= 4 is 11.7 Å². The number of carbonyl (C=O) groups excluding carboxylic acids is 1. The summed E-state index contributed by atoms with van der Waals surface area (Å²) in [5.74, 6) is 1.25. The summed E-state index contributed by atoms with van der Waals surface area (Å²) < 4.78 is 16.8. The van der Waals surface area contributed by atoms with Crippen LogP contribution >= 0.6 is 0 Å². The molecule has 2 aromatic carbocycles. The van der Waals surface area contributed by atoms with Gasteiger partial charge in [0.2, 0.25) is 5.79 Å². The molecule has 2 amide bonds. The highest BCUT2D eigenvalue weighted by atomic mass is 16.7. The first-order valence-corrected chi connectivity index (χ1v) is 9.27. The molecule has 0 spiro atoms. The Labute approximate surface area is 168 Å². The van der Waals surface area contributed by atoms with Crippen LogP contribution < -0.4 is 14.8 Å². The summed E-state index contributed by atoms with van der Waals surface area (Å²) in [4.78, 5) is 14.6. The van der Waals surface area contributed by atoms with E-state index in [1.807, 2.05) is 19.9 Å². The number of phenols is 1. The first-order valence-electron chi connectivity index (χ1n) is 9.27. The number of para-hydroxylation sites is 1. The van der Waals surface area contributed by atoms with Crippen molar-refractivity contribution in [2.24, 2.45) is 0 Å². The van der Waals surface area contributed by atoms with Crippen molar-refractivity contribution < 1.29 is 23.8 Å². The smallest absolute Gasteiger partial charge is 0.322 e. The van der Waals surface area contributed by atoms with E-state index in [0.717, 1.165) is 0 Å². The van der Waals surface area contributed by atoms with E-state index in [2.05, 4.69) is 5.32 Å². The van der Waals surface area contributed by atoms with E-state index in [0.29, 0.717) is 28.5 Å². The highest BCUT2D eigenvalue weighted by Gasteiger charge is 2.31. The van der Waals surface area contributed by atoms with E-state index in [-0.39, 0.29) is 24.9 Å². The van der Waals surface area contributed by atoms with Gasteiger partial charge in [0.25, 0.3) is 0 Å². The number of hydrogen-bond acceptors (Lipinski definition) is 5. The van der Waals surface area contributed by atoms with Crippen molar-refractivity contribution in [2.45, 2.75) is 32.7 Å².